The van der Waals surface area contributed by atoms with E-state index in [1.807, 2.05) is 14.1 Å². The number of carboxylic acid groups (broad SMARTS) is 1. The predicted molar refractivity (Wildman–Crippen MR) is 71.7 cm³/mol. The maximum Gasteiger partial charge on any atom is 0.355 e. The van der Waals surface area contributed by atoms with Crippen molar-refractivity contribution < 1.29 is 14.7 Å². The molecule has 2 rings (SSSR count). The van der Waals surface area contributed by atoms with Gasteiger partial charge in [0.25, 0.3) is 5.91 Å². The van der Waals surface area contributed by atoms with Gasteiger partial charge in [-0.05, 0) is 26.9 Å². The number of carbonyl (C=O) groups excluding carboxylic acids is 1. The van der Waals surface area contributed by atoms with Crippen LogP contribution in [0.2, 0.25) is 0 Å². The van der Waals surface area contributed by atoms with Gasteiger partial charge in [-0.25, -0.2) is 9.78 Å². The normalized spacial score (nSPS) is 16.9. The van der Waals surface area contributed by atoms with Gasteiger partial charge >= 0.3 is 5.97 Å². The molecule has 6 nitrogen and oxygen atoms in total. The first-order valence-corrected chi connectivity index (χ1v) is 7.01. The molecule has 1 aromatic heterocycles. The lowest BCUT2D eigenvalue weighted by Gasteiger charge is -2.34. The van der Waals surface area contributed by atoms with Crippen molar-refractivity contribution in [2.75, 3.05) is 27.2 Å². The Morgan fingerprint density at radius 1 is 1.42 bits per heavy atom. The lowest BCUT2D eigenvalue weighted by atomic mass is 10.0. The first-order chi connectivity index (χ1) is 8.99. The molecule has 1 fully saturated rings. The first kappa shape index (κ1) is 14.0. The fraction of sp³-hybridized carbons (Fsp3) is 0.583. The second kappa shape index (κ2) is 5.66. The van der Waals surface area contributed by atoms with Crippen LogP contribution in [0.5, 0.6) is 0 Å². The van der Waals surface area contributed by atoms with E-state index in [9.17, 15) is 9.59 Å². The van der Waals surface area contributed by atoms with Crippen molar-refractivity contribution in [1.82, 2.24) is 14.8 Å². The molecule has 0 aromatic carbocycles. The molecule has 19 heavy (non-hydrogen) atoms. The van der Waals surface area contributed by atoms with E-state index >= 15 is 0 Å². The monoisotopic (exact) mass is 283 g/mol. The molecule has 104 valence electrons. The van der Waals surface area contributed by atoms with Gasteiger partial charge in [-0.3, -0.25) is 4.79 Å². The maximum atomic E-state index is 12.2. The van der Waals surface area contributed by atoms with E-state index in [0.717, 1.165) is 24.2 Å². The highest BCUT2D eigenvalue weighted by molar-refractivity contribution is 7.11. The van der Waals surface area contributed by atoms with E-state index in [1.165, 1.54) is 5.38 Å². The number of rotatable bonds is 3. The Labute approximate surface area is 115 Å². The molecule has 1 aliphatic heterocycles. The minimum Gasteiger partial charge on any atom is -0.476 e. The highest BCUT2D eigenvalue weighted by atomic mass is 32.1. The van der Waals surface area contributed by atoms with Crippen LogP contribution >= 0.6 is 11.3 Å². The topological polar surface area (TPSA) is 73.7 Å². The van der Waals surface area contributed by atoms with Gasteiger partial charge in [0.15, 0.2) is 10.7 Å². The molecule has 1 amide bonds. The average molecular weight is 283 g/mol. The third-order valence-electron chi connectivity index (χ3n) is 3.39. The van der Waals surface area contributed by atoms with Gasteiger partial charge in [-0.1, -0.05) is 0 Å². The number of carbonyl (C=O) groups is 2. The summed E-state index contributed by atoms with van der Waals surface area (Å²) in [6, 6.07) is 0.509. The number of aromatic carboxylic acids is 1. The molecule has 0 atom stereocenters. The molecule has 0 aliphatic carbocycles. The zero-order valence-corrected chi connectivity index (χ0v) is 11.8. The van der Waals surface area contributed by atoms with Crippen LogP contribution in [0.15, 0.2) is 5.38 Å². The van der Waals surface area contributed by atoms with Gasteiger partial charge in [0, 0.05) is 24.5 Å². The first-order valence-electron chi connectivity index (χ1n) is 6.13. The molecule has 1 N–H and O–H groups in total. The number of nitrogens with zero attached hydrogens (tertiary/aromatic N) is 3. The molecule has 0 spiro atoms. The van der Waals surface area contributed by atoms with Crippen LogP contribution in [0.4, 0.5) is 0 Å². The van der Waals surface area contributed by atoms with Crippen molar-refractivity contribution >= 4 is 23.2 Å². The third kappa shape index (κ3) is 3.10. The Morgan fingerprint density at radius 2 is 2.05 bits per heavy atom. The van der Waals surface area contributed by atoms with E-state index in [2.05, 4.69) is 9.88 Å². The van der Waals surface area contributed by atoms with Crippen LogP contribution in [0.25, 0.3) is 0 Å². The average Bonchev–Trinajstić information content (AvgIpc) is 2.87. The Hall–Kier alpha value is -1.47. The summed E-state index contributed by atoms with van der Waals surface area (Å²) in [4.78, 5) is 30.7. The largest absolute Gasteiger partial charge is 0.476 e. The summed E-state index contributed by atoms with van der Waals surface area (Å²) in [7, 11) is 4.09. The van der Waals surface area contributed by atoms with Crippen molar-refractivity contribution in [2.45, 2.75) is 18.9 Å². The van der Waals surface area contributed by atoms with Gasteiger partial charge in [0.1, 0.15) is 0 Å². The highest BCUT2D eigenvalue weighted by Crippen LogP contribution is 2.18. The van der Waals surface area contributed by atoms with Crippen LogP contribution < -0.4 is 0 Å². The van der Waals surface area contributed by atoms with Crippen molar-refractivity contribution in [3.63, 3.8) is 0 Å². The minimum absolute atomic E-state index is 0.0588. The van der Waals surface area contributed by atoms with Gasteiger partial charge in [0.2, 0.25) is 0 Å². The number of amides is 1. The summed E-state index contributed by atoms with van der Waals surface area (Å²) in [5, 5.41) is 10.5. The second-order valence-corrected chi connectivity index (χ2v) is 5.69. The maximum absolute atomic E-state index is 12.2. The summed E-state index contributed by atoms with van der Waals surface area (Å²) in [5.74, 6) is -1.25. The quantitative estimate of drug-likeness (QED) is 0.896. The Bertz CT molecular complexity index is 478. The number of likely N-dealkylation sites (tertiary alicyclic amines) is 1. The number of hydrogen-bond acceptors (Lipinski definition) is 5. The molecular formula is C12H17N3O3S. The fourth-order valence-electron chi connectivity index (χ4n) is 2.19. The summed E-state index contributed by atoms with van der Waals surface area (Å²) in [6.07, 6.45) is 1.88. The lowest BCUT2D eigenvalue weighted by molar-refractivity contribution is 0.0662. The van der Waals surface area contributed by atoms with Gasteiger partial charge in [-0.15, -0.1) is 11.3 Å². The van der Waals surface area contributed by atoms with E-state index in [1.54, 1.807) is 4.90 Å². The van der Waals surface area contributed by atoms with Crippen molar-refractivity contribution in [1.29, 1.82) is 0 Å². The van der Waals surface area contributed by atoms with Crippen molar-refractivity contribution in [3.05, 3.63) is 16.1 Å². The van der Waals surface area contributed by atoms with Crippen molar-refractivity contribution in [3.8, 4) is 0 Å². The van der Waals surface area contributed by atoms with E-state index < -0.39 is 5.97 Å². The Balaban J connectivity index is 1.99. The smallest absolute Gasteiger partial charge is 0.355 e. The van der Waals surface area contributed by atoms with Crippen LogP contribution in [0.1, 0.15) is 33.1 Å². The molecular weight excluding hydrogens is 266 g/mol. The zero-order chi connectivity index (χ0) is 14.0. The minimum atomic E-state index is -1.10. The summed E-state index contributed by atoms with van der Waals surface area (Å²) in [5.41, 5.74) is -0.0588. The molecule has 0 radical (unpaired) electrons. The molecule has 1 aromatic rings. The number of thiazole rings is 1. The molecule has 0 unspecified atom stereocenters. The predicted octanol–water partition coefficient (Wildman–Crippen LogP) is 1.01. The van der Waals surface area contributed by atoms with E-state index in [4.69, 9.17) is 5.11 Å². The molecule has 1 saturated heterocycles. The highest BCUT2D eigenvalue weighted by Gasteiger charge is 2.26. The SMILES string of the molecule is CN(C)C1CCN(C(=O)c2nc(C(=O)O)cs2)CC1. The van der Waals surface area contributed by atoms with E-state index in [0.29, 0.717) is 19.1 Å². The number of aromatic nitrogens is 1. The van der Waals surface area contributed by atoms with Crippen molar-refractivity contribution in [2.24, 2.45) is 0 Å². The molecule has 0 saturated carbocycles. The third-order valence-corrected chi connectivity index (χ3v) is 4.22. The van der Waals surface area contributed by atoms with E-state index in [-0.39, 0.29) is 16.6 Å². The van der Waals surface area contributed by atoms with Crippen LogP contribution in [0, 0.1) is 0 Å². The number of piperidine rings is 1. The molecule has 7 heteroatoms. The number of hydrogen-bond donors (Lipinski definition) is 1. The molecule has 0 bridgehead atoms. The zero-order valence-electron chi connectivity index (χ0n) is 11.0. The second-order valence-electron chi connectivity index (χ2n) is 4.83. The van der Waals surface area contributed by atoms with Crippen LogP contribution in [-0.2, 0) is 0 Å². The summed E-state index contributed by atoms with van der Waals surface area (Å²) < 4.78 is 0. The van der Waals surface area contributed by atoms with Gasteiger partial charge < -0.3 is 14.9 Å². The summed E-state index contributed by atoms with van der Waals surface area (Å²) in [6.45, 7) is 1.40. The lowest BCUT2D eigenvalue weighted by Crippen LogP contribution is -2.44. The van der Waals surface area contributed by atoms with Gasteiger partial charge in [-0.2, -0.15) is 0 Å². The summed E-state index contributed by atoms with van der Waals surface area (Å²) >= 11 is 1.09. The molecule has 1 aliphatic rings. The Morgan fingerprint density at radius 3 is 2.53 bits per heavy atom. The standard InChI is InChI=1S/C12H17N3O3S/c1-14(2)8-3-5-15(6-4-8)11(16)10-13-9(7-19-10)12(17)18/h7-8H,3-6H2,1-2H3,(H,17,18). The molecule has 2 heterocycles. The Kier molecular flexibility index (Phi) is 4.16. The van der Waals surface area contributed by atoms with Crippen LogP contribution in [0.3, 0.4) is 0 Å². The van der Waals surface area contributed by atoms with Crippen LogP contribution in [-0.4, -0.2) is 65.0 Å². The number of carboxylic acids is 1. The van der Waals surface area contributed by atoms with Gasteiger partial charge in [0.05, 0.1) is 0 Å². The fourth-order valence-corrected chi connectivity index (χ4v) is 2.95.